The van der Waals surface area contributed by atoms with Gasteiger partial charge in [0.05, 0.1) is 0 Å². The van der Waals surface area contributed by atoms with Gasteiger partial charge in [0.15, 0.2) is 12.2 Å². The summed E-state index contributed by atoms with van der Waals surface area (Å²) in [5.41, 5.74) is 0. The van der Waals surface area contributed by atoms with E-state index in [9.17, 15) is 14.4 Å². The summed E-state index contributed by atoms with van der Waals surface area (Å²) in [4.78, 5) is 39.7. The molecule has 0 unspecified atom stereocenters. The highest BCUT2D eigenvalue weighted by molar-refractivity contribution is 5.95. The fraction of sp³-hybridized carbons (Fsp3) is 0.812. The van der Waals surface area contributed by atoms with Gasteiger partial charge in [0.1, 0.15) is 6.04 Å². The summed E-state index contributed by atoms with van der Waals surface area (Å²) < 4.78 is 4.86. The molecule has 2 aliphatic heterocycles. The second kappa shape index (κ2) is 7.94. The van der Waals surface area contributed by atoms with Crippen molar-refractivity contribution in [2.75, 3.05) is 32.7 Å². The molecule has 3 atom stereocenters. The number of aliphatic carboxylic acids is 1. The Morgan fingerprint density at radius 3 is 2.25 bits per heavy atom. The van der Waals surface area contributed by atoms with Crippen LogP contribution in [0.5, 0.6) is 0 Å². The minimum absolute atomic E-state index is 0.0969. The normalized spacial score (nSPS) is 25.4. The van der Waals surface area contributed by atoms with E-state index < -0.39 is 30.1 Å². The van der Waals surface area contributed by atoms with Gasteiger partial charge in [-0.3, -0.25) is 9.59 Å². The predicted octanol–water partition coefficient (Wildman–Crippen LogP) is -0.467. The van der Waals surface area contributed by atoms with Gasteiger partial charge in [-0.2, -0.15) is 0 Å². The summed E-state index contributed by atoms with van der Waals surface area (Å²) in [7, 11) is 0. The van der Waals surface area contributed by atoms with E-state index in [2.05, 4.69) is 17.1 Å². The van der Waals surface area contributed by atoms with Crippen molar-refractivity contribution in [3.05, 3.63) is 0 Å². The van der Waals surface area contributed by atoms with Crippen LogP contribution in [-0.2, 0) is 19.1 Å². The lowest BCUT2D eigenvalue weighted by Gasteiger charge is -2.36. The quantitative estimate of drug-likeness (QED) is 0.607. The van der Waals surface area contributed by atoms with Crippen LogP contribution in [0.4, 0.5) is 0 Å². The van der Waals surface area contributed by atoms with Crippen LogP contribution in [0.15, 0.2) is 0 Å². The smallest absolute Gasteiger partial charge is 0.336 e. The van der Waals surface area contributed by atoms with Crippen molar-refractivity contribution in [1.29, 1.82) is 0 Å². The van der Waals surface area contributed by atoms with Gasteiger partial charge in [-0.05, 0) is 18.9 Å². The zero-order valence-electron chi connectivity index (χ0n) is 14.5. The maximum atomic E-state index is 12.8. The minimum Gasteiger partial charge on any atom is -0.479 e. The van der Waals surface area contributed by atoms with E-state index in [-0.39, 0.29) is 11.8 Å². The summed E-state index contributed by atoms with van der Waals surface area (Å²) in [6, 6.07) is -0.635. The van der Waals surface area contributed by atoms with Gasteiger partial charge in [-0.15, -0.1) is 0 Å². The highest BCUT2D eigenvalue weighted by Crippen LogP contribution is 2.23. The van der Waals surface area contributed by atoms with Crippen LogP contribution in [0.3, 0.4) is 0 Å². The molecule has 2 amide bonds. The summed E-state index contributed by atoms with van der Waals surface area (Å²) >= 11 is 0. The third-order valence-corrected chi connectivity index (χ3v) is 4.45. The SMILES string of the molecule is CCN1CCN(C(=O)[C@H](CC(C)C)NC(=O)[C@@H]2O[C@H]2C(=O)O)CC1. The molecule has 2 aliphatic rings. The van der Waals surface area contributed by atoms with Crippen LogP contribution in [0.1, 0.15) is 27.2 Å². The summed E-state index contributed by atoms with van der Waals surface area (Å²) in [5.74, 6) is -1.54. The molecule has 2 heterocycles. The number of nitrogens with zero attached hydrogens (tertiary/aromatic N) is 2. The monoisotopic (exact) mass is 341 g/mol. The van der Waals surface area contributed by atoms with E-state index in [0.717, 1.165) is 19.6 Å². The molecule has 0 spiro atoms. The number of hydrogen-bond donors (Lipinski definition) is 2. The first-order valence-electron chi connectivity index (χ1n) is 8.53. The predicted molar refractivity (Wildman–Crippen MR) is 86.4 cm³/mol. The highest BCUT2D eigenvalue weighted by atomic mass is 16.6. The van der Waals surface area contributed by atoms with Gasteiger partial charge in [0.25, 0.3) is 5.91 Å². The molecular formula is C16H27N3O5. The lowest BCUT2D eigenvalue weighted by Crippen LogP contribution is -2.55. The molecular weight excluding hydrogens is 314 g/mol. The number of amides is 2. The number of nitrogens with one attached hydrogen (secondary N) is 1. The molecule has 2 fully saturated rings. The first-order valence-corrected chi connectivity index (χ1v) is 8.53. The molecule has 0 bridgehead atoms. The van der Waals surface area contributed by atoms with E-state index in [1.807, 2.05) is 13.8 Å². The van der Waals surface area contributed by atoms with Crippen LogP contribution >= 0.6 is 0 Å². The molecule has 0 aliphatic carbocycles. The number of likely N-dealkylation sites (N-methyl/N-ethyl adjacent to an activating group) is 1. The maximum absolute atomic E-state index is 12.8. The molecule has 0 aromatic carbocycles. The third kappa shape index (κ3) is 4.67. The Labute approximate surface area is 142 Å². The molecule has 0 aromatic heterocycles. The first-order chi connectivity index (χ1) is 11.3. The van der Waals surface area contributed by atoms with Crippen molar-refractivity contribution in [3.63, 3.8) is 0 Å². The number of hydrogen-bond acceptors (Lipinski definition) is 5. The Morgan fingerprint density at radius 2 is 1.79 bits per heavy atom. The second-order valence-electron chi connectivity index (χ2n) is 6.77. The van der Waals surface area contributed by atoms with Crippen molar-refractivity contribution in [3.8, 4) is 0 Å². The molecule has 0 saturated carbocycles. The number of piperazine rings is 1. The van der Waals surface area contributed by atoms with Crippen molar-refractivity contribution in [1.82, 2.24) is 15.1 Å². The van der Waals surface area contributed by atoms with Crippen LogP contribution in [0, 0.1) is 5.92 Å². The van der Waals surface area contributed by atoms with Crippen molar-refractivity contribution < 1.29 is 24.2 Å². The Bertz CT molecular complexity index is 488. The average Bonchev–Trinajstić information content (AvgIpc) is 3.34. The molecule has 0 aromatic rings. The Kier molecular flexibility index (Phi) is 6.17. The second-order valence-corrected chi connectivity index (χ2v) is 6.77. The Morgan fingerprint density at radius 1 is 1.17 bits per heavy atom. The number of ether oxygens (including phenoxy) is 1. The molecule has 2 rings (SSSR count). The maximum Gasteiger partial charge on any atom is 0.336 e. The van der Waals surface area contributed by atoms with Crippen LogP contribution in [-0.4, -0.2) is 83.7 Å². The summed E-state index contributed by atoms with van der Waals surface area (Å²) in [6.45, 7) is 9.97. The zero-order chi connectivity index (χ0) is 17.9. The van der Waals surface area contributed by atoms with Gasteiger partial charge in [0.2, 0.25) is 5.91 Å². The topological polar surface area (TPSA) is 102 Å². The van der Waals surface area contributed by atoms with Crippen molar-refractivity contribution in [2.45, 2.75) is 45.4 Å². The summed E-state index contributed by atoms with van der Waals surface area (Å²) in [5, 5.41) is 11.5. The minimum atomic E-state index is -1.16. The van der Waals surface area contributed by atoms with E-state index in [4.69, 9.17) is 9.84 Å². The molecule has 2 saturated heterocycles. The van der Waals surface area contributed by atoms with Gasteiger partial charge in [0, 0.05) is 26.2 Å². The first kappa shape index (κ1) is 18.7. The lowest BCUT2D eigenvalue weighted by molar-refractivity contribution is -0.138. The van der Waals surface area contributed by atoms with Crippen molar-refractivity contribution >= 4 is 17.8 Å². The van der Waals surface area contributed by atoms with Crippen molar-refractivity contribution in [2.24, 2.45) is 5.92 Å². The van der Waals surface area contributed by atoms with E-state index >= 15 is 0 Å². The fourth-order valence-electron chi connectivity index (χ4n) is 2.95. The van der Waals surface area contributed by atoms with E-state index in [0.29, 0.717) is 19.5 Å². The fourth-order valence-corrected chi connectivity index (χ4v) is 2.95. The Hall–Kier alpha value is -1.67. The average molecular weight is 341 g/mol. The van der Waals surface area contributed by atoms with E-state index in [1.165, 1.54) is 0 Å². The van der Waals surface area contributed by atoms with Gasteiger partial charge in [-0.1, -0.05) is 20.8 Å². The highest BCUT2D eigenvalue weighted by Gasteiger charge is 2.51. The number of carboxylic acids is 1. The van der Waals surface area contributed by atoms with Crippen LogP contribution in [0.25, 0.3) is 0 Å². The largest absolute Gasteiger partial charge is 0.479 e. The van der Waals surface area contributed by atoms with Gasteiger partial charge in [-0.25, -0.2) is 4.79 Å². The zero-order valence-corrected chi connectivity index (χ0v) is 14.5. The number of rotatable bonds is 7. The number of carboxylic acid groups (broad SMARTS) is 1. The molecule has 8 heteroatoms. The van der Waals surface area contributed by atoms with Gasteiger partial charge >= 0.3 is 5.97 Å². The molecule has 2 N–H and O–H groups in total. The van der Waals surface area contributed by atoms with Crippen LogP contribution < -0.4 is 5.32 Å². The lowest BCUT2D eigenvalue weighted by atomic mass is 10.0. The number of carbonyl (C=O) groups excluding carboxylic acids is 2. The third-order valence-electron chi connectivity index (χ3n) is 4.45. The molecule has 136 valence electrons. The Balaban J connectivity index is 1.94. The molecule has 8 nitrogen and oxygen atoms in total. The summed E-state index contributed by atoms with van der Waals surface area (Å²) in [6.07, 6.45) is -1.56. The number of epoxide rings is 1. The van der Waals surface area contributed by atoms with E-state index in [1.54, 1.807) is 4.90 Å². The number of carbonyl (C=O) groups is 3. The standard InChI is InChI=1S/C16H27N3O5/c1-4-18-5-7-19(8-6-18)15(21)11(9-10(2)3)17-14(20)12-13(24-12)16(22)23/h10-13H,4-9H2,1-3H3,(H,17,20)(H,22,23)/t11-,12+,13+/m0/s1. The molecule has 0 radical (unpaired) electrons. The van der Waals surface area contributed by atoms with Gasteiger partial charge < -0.3 is 25.0 Å². The molecule has 24 heavy (non-hydrogen) atoms. The van der Waals surface area contributed by atoms with Crippen LogP contribution in [0.2, 0.25) is 0 Å².